The van der Waals surface area contributed by atoms with Crippen molar-refractivity contribution in [2.45, 2.75) is 12.8 Å². The molecular weight excluding hydrogens is 478 g/mol. The van der Waals surface area contributed by atoms with Gasteiger partial charge in [0.05, 0.1) is 11.1 Å². The van der Waals surface area contributed by atoms with Gasteiger partial charge in [-0.25, -0.2) is 0 Å². The van der Waals surface area contributed by atoms with Crippen molar-refractivity contribution in [3.63, 3.8) is 0 Å². The van der Waals surface area contributed by atoms with Gasteiger partial charge in [-0.3, -0.25) is 0 Å². The van der Waals surface area contributed by atoms with Crippen molar-refractivity contribution >= 4 is 55.1 Å². The largest absolute Gasteiger partial charge is 0.456 e. The molecule has 0 radical (unpaired) electrons. The summed E-state index contributed by atoms with van der Waals surface area (Å²) in [5, 5.41) is 8.36. The average molecular weight is 504 g/mol. The number of para-hydroxylation sites is 1. The maximum atomic E-state index is 6.33. The first-order valence-electron chi connectivity index (χ1n) is 13.4. The summed E-state index contributed by atoms with van der Waals surface area (Å²) in [7, 11) is 0. The van der Waals surface area contributed by atoms with Gasteiger partial charge in [0, 0.05) is 21.9 Å². The number of hydrogen-bond donors (Lipinski definition) is 1. The van der Waals surface area contributed by atoms with E-state index in [4.69, 9.17) is 8.83 Å². The van der Waals surface area contributed by atoms with Gasteiger partial charge in [0.25, 0.3) is 0 Å². The Morgan fingerprint density at radius 3 is 2.08 bits per heavy atom. The van der Waals surface area contributed by atoms with E-state index in [1.807, 2.05) is 12.1 Å². The highest BCUT2D eigenvalue weighted by Crippen LogP contribution is 2.41. The van der Waals surface area contributed by atoms with Crippen LogP contribution < -0.4 is 5.32 Å². The minimum Gasteiger partial charge on any atom is -0.456 e. The standard InChI is InChI=1S/C36H25NO2/c1-2-10-23(11-3-1)26-15-7-20-32-35(26)36-29(17-9-21-33(36)39-32)37-25-13-6-12-24(22-25)27-16-8-19-31-34(27)28-14-4-5-18-30(28)38-31/h1-5,7-11,13-22,37H,6,12H2. The zero-order valence-electron chi connectivity index (χ0n) is 21.3. The lowest BCUT2D eigenvalue weighted by molar-refractivity contribution is 0.668. The van der Waals surface area contributed by atoms with Gasteiger partial charge in [0.1, 0.15) is 22.3 Å². The lowest BCUT2D eigenvalue weighted by Crippen LogP contribution is -2.02. The molecule has 0 spiro atoms. The van der Waals surface area contributed by atoms with Crippen LogP contribution in [0.3, 0.4) is 0 Å². The van der Waals surface area contributed by atoms with E-state index in [0.717, 1.165) is 62.7 Å². The van der Waals surface area contributed by atoms with E-state index in [-0.39, 0.29) is 0 Å². The summed E-state index contributed by atoms with van der Waals surface area (Å²) in [6.45, 7) is 0. The SMILES string of the molecule is C1=C(Nc2cccc3oc4cccc(-c5ccccc5)c4c23)C=C(c2cccc3oc4ccccc4c23)CC1. The smallest absolute Gasteiger partial charge is 0.137 e. The fourth-order valence-corrected chi connectivity index (χ4v) is 6.03. The van der Waals surface area contributed by atoms with Crippen LogP contribution in [-0.4, -0.2) is 0 Å². The molecule has 0 saturated heterocycles. The Morgan fingerprint density at radius 2 is 1.21 bits per heavy atom. The Labute approximate surface area is 225 Å². The van der Waals surface area contributed by atoms with Crippen LogP contribution >= 0.6 is 0 Å². The van der Waals surface area contributed by atoms with Crippen LogP contribution in [-0.2, 0) is 0 Å². The summed E-state index contributed by atoms with van der Waals surface area (Å²) >= 11 is 0. The number of anilines is 1. The molecule has 186 valence electrons. The highest BCUT2D eigenvalue weighted by molar-refractivity contribution is 6.17. The lowest BCUT2D eigenvalue weighted by Gasteiger charge is -2.17. The Bertz CT molecular complexity index is 2090. The second kappa shape index (κ2) is 8.78. The molecular formula is C36H25NO2. The average Bonchev–Trinajstić information content (AvgIpc) is 3.57. The van der Waals surface area contributed by atoms with Crippen LogP contribution in [0.1, 0.15) is 18.4 Å². The van der Waals surface area contributed by atoms with Crippen molar-refractivity contribution < 1.29 is 8.83 Å². The fraction of sp³-hybridized carbons (Fsp3) is 0.0556. The number of fused-ring (bicyclic) bond motifs is 6. The van der Waals surface area contributed by atoms with E-state index in [9.17, 15) is 0 Å². The molecule has 2 heterocycles. The van der Waals surface area contributed by atoms with Crippen molar-refractivity contribution in [1.29, 1.82) is 0 Å². The zero-order chi connectivity index (χ0) is 25.8. The van der Waals surface area contributed by atoms with Crippen LogP contribution in [0.2, 0.25) is 0 Å². The third-order valence-corrected chi connectivity index (χ3v) is 7.74. The van der Waals surface area contributed by atoms with E-state index < -0.39 is 0 Å². The molecule has 0 bridgehead atoms. The van der Waals surface area contributed by atoms with Gasteiger partial charge >= 0.3 is 0 Å². The van der Waals surface area contributed by atoms with E-state index in [0.29, 0.717) is 0 Å². The number of furan rings is 2. The maximum Gasteiger partial charge on any atom is 0.137 e. The molecule has 0 amide bonds. The molecule has 39 heavy (non-hydrogen) atoms. The van der Waals surface area contributed by atoms with Gasteiger partial charge in [-0.1, -0.05) is 84.9 Å². The summed E-state index contributed by atoms with van der Waals surface area (Å²) in [5.74, 6) is 0. The molecule has 8 rings (SSSR count). The van der Waals surface area contributed by atoms with Crippen molar-refractivity contribution in [2.24, 2.45) is 0 Å². The summed E-state index contributed by atoms with van der Waals surface area (Å²) in [4.78, 5) is 0. The van der Waals surface area contributed by atoms with Crippen molar-refractivity contribution in [2.75, 3.05) is 5.32 Å². The van der Waals surface area contributed by atoms with Crippen LogP contribution in [0.25, 0.3) is 60.6 Å². The van der Waals surface area contributed by atoms with Crippen LogP contribution in [0.4, 0.5) is 5.69 Å². The molecule has 2 aromatic heterocycles. The van der Waals surface area contributed by atoms with Gasteiger partial charge in [0.15, 0.2) is 0 Å². The highest BCUT2D eigenvalue weighted by atomic mass is 16.3. The van der Waals surface area contributed by atoms with Crippen molar-refractivity contribution in [1.82, 2.24) is 0 Å². The van der Waals surface area contributed by atoms with E-state index in [1.54, 1.807) is 0 Å². The number of rotatable bonds is 4. The Morgan fingerprint density at radius 1 is 0.538 bits per heavy atom. The minimum absolute atomic E-state index is 0.883. The summed E-state index contributed by atoms with van der Waals surface area (Å²) in [6, 6.07) is 37.8. The third kappa shape index (κ3) is 3.58. The quantitative estimate of drug-likeness (QED) is 0.260. The maximum absolute atomic E-state index is 6.33. The number of nitrogens with one attached hydrogen (secondary N) is 1. The third-order valence-electron chi connectivity index (χ3n) is 7.74. The molecule has 0 saturated carbocycles. The summed E-state index contributed by atoms with van der Waals surface area (Å²) in [5.41, 5.74) is 10.7. The Kier molecular flexibility index (Phi) is 4.95. The summed E-state index contributed by atoms with van der Waals surface area (Å²) < 4.78 is 12.5. The van der Waals surface area contributed by atoms with E-state index >= 15 is 0 Å². The van der Waals surface area contributed by atoms with Gasteiger partial charge in [-0.15, -0.1) is 0 Å². The van der Waals surface area contributed by atoms with Crippen LogP contribution in [0.15, 0.2) is 136 Å². The molecule has 1 N–H and O–H groups in total. The zero-order valence-corrected chi connectivity index (χ0v) is 21.3. The minimum atomic E-state index is 0.883. The molecule has 1 aliphatic rings. The Balaban J connectivity index is 1.25. The molecule has 0 unspecified atom stereocenters. The molecule has 0 fully saturated rings. The molecule has 7 aromatic rings. The normalized spacial score (nSPS) is 13.7. The molecule has 3 nitrogen and oxygen atoms in total. The predicted molar refractivity (Wildman–Crippen MR) is 162 cm³/mol. The molecule has 0 aliphatic heterocycles. The number of allylic oxidation sites excluding steroid dienone is 3. The molecule has 1 aliphatic carbocycles. The molecule has 3 heteroatoms. The molecule has 5 aromatic carbocycles. The first-order valence-corrected chi connectivity index (χ1v) is 13.4. The van der Waals surface area contributed by atoms with Crippen molar-refractivity contribution in [3.8, 4) is 11.1 Å². The topological polar surface area (TPSA) is 38.3 Å². The second-order valence-electron chi connectivity index (χ2n) is 10.1. The number of benzene rings is 5. The van der Waals surface area contributed by atoms with Gasteiger partial charge < -0.3 is 14.2 Å². The van der Waals surface area contributed by atoms with Gasteiger partial charge in [-0.2, -0.15) is 0 Å². The highest BCUT2D eigenvalue weighted by Gasteiger charge is 2.18. The molecule has 0 atom stereocenters. The Hall–Kier alpha value is -5.02. The van der Waals surface area contributed by atoms with Crippen LogP contribution in [0, 0.1) is 0 Å². The monoisotopic (exact) mass is 503 g/mol. The van der Waals surface area contributed by atoms with E-state index in [1.165, 1.54) is 27.6 Å². The van der Waals surface area contributed by atoms with Crippen LogP contribution in [0.5, 0.6) is 0 Å². The van der Waals surface area contributed by atoms with Gasteiger partial charge in [0.2, 0.25) is 0 Å². The predicted octanol–water partition coefficient (Wildman–Crippen LogP) is 10.3. The lowest BCUT2D eigenvalue weighted by atomic mass is 9.92. The first-order chi connectivity index (χ1) is 19.3. The van der Waals surface area contributed by atoms with Crippen molar-refractivity contribution in [3.05, 3.63) is 133 Å². The second-order valence-corrected chi connectivity index (χ2v) is 10.1. The number of hydrogen-bond acceptors (Lipinski definition) is 3. The first kappa shape index (κ1) is 22.0. The summed E-state index contributed by atoms with van der Waals surface area (Å²) in [6.07, 6.45) is 6.54. The van der Waals surface area contributed by atoms with E-state index in [2.05, 4.69) is 115 Å². The van der Waals surface area contributed by atoms with Gasteiger partial charge in [-0.05, 0) is 71.5 Å². The fourth-order valence-electron chi connectivity index (χ4n) is 6.03.